The van der Waals surface area contributed by atoms with Gasteiger partial charge >= 0.3 is 5.51 Å². The van der Waals surface area contributed by atoms with Crippen molar-refractivity contribution in [3.8, 4) is 11.8 Å². The van der Waals surface area contributed by atoms with Crippen molar-refractivity contribution in [1.29, 1.82) is 0 Å². The van der Waals surface area contributed by atoms with E-state index in [0.29, 0.717) is 26.9 Å². The fraction of sp³-hybridized carbons (Fsp3) is 0.143. The van der Waals surface area contributed by atoms with E-state index in [4.69, 9.17) is 0 Å². The number of carbonyl (C=O) groups is 1. The number of alkyl halides is 3. The number of hydrogen-bond donors (Lipinski definition) is 2. The first-order valence-electron chi connectivity index (χ1n) is 9.23. The summed E-state index contributed by atoms with van der Waals surface area (Å²) in [6.45, 7) is 0.142. The SMILES string of the molecule is CNC(=O)c1cc(NCC#Cc2cc3c(Br)cccn3c2SC(F)(F)F)c2nccn2c1. The summed E-state index contributed by atoms with van der Waals surface area (Å²) < 4.78 is 43.2. The minimum absolute atomic E-state index is 0.00133. The second-order valence-electron chi connectivity index (χ2n) is 6.56. The Bertz CT molecular complexity index is 1380. The number of rotatable bonds is 4. The summed E-state index contributed by atoms with van der Waals surface area (Å²) in [5.41, 5.74) is -1.97. The third-order valence-electron chi connectivity index (χ3n) is 4.49. The van der Waals surface area contributed by atoms with Crippen molar-refractivity contribution in [2.24, 2.45) is 0 Å². The molecule has 2 N–H and O–H groups in total. The Morgan fingerprint density at radius 3 is 2.88 bits per heavy atom. The van der Waals surface area contributed by atoms with Gasteiger partial charge in [0.1, 0.15) is 5.03 Å². The molecule has 0 aliphatic heterocycles. The van der Waals surface area contributed by atoms with Crippen LogP contribution in [-0.2, 0) is 0 Å². The van der Waals surface area contributed by atoms with Crippen LogP contribution in [0.2, 0.25) is 0 Å². The summed E-state index contributed by atoms with van der Waals surface area (Å²) in [4.78, 5) is 16.3. The van der Waals surface area contributed by atoms with Crippen LogP contribution in [0.4, 0.5) is 18.9 Å². The lowest BCUT2D eigenvalue weighted by Gasteiger charge is -2.08. The number of aromatic nitrogens is 3. The molecule has 4 rings (SSSR count). The minimum atomic E-state index is -4.45. The van der Waals surface area contributed by atoms with E-state index in [2.05, 4.69) is 43.4 Å². The average molecular weight is 522 g/mol. The maximum absolute atomic E-state index is 13.1. The molecule has 164 valence electrons. The van der Waals surface area contributed by atoms with Gasteiger partial charge in [0.2, 0.25) is 0 Å². The molecule has 0 atom stereocenters. The molecule has 0 spiro atoms. The number of anilines is 1. The Hall–Kier alpha value is -3.10. The molecule has 0 saturated heterocycles. The highest BCUT2D eigenvalue weighted by molar-refractivity contribution is 9.10. The van der Waals surface area contributed by atoms with Crippen molar-refractivity contribution >= 4 is 50.5 Å². The summed E-state index contributed by atoms with van der Waals surface area (Å²) in [6.07, 6.45) is 6.54. The zero-order chi connectivity index (χ0) is 22.9. The van der Waals surface area contributed by atoms with Crippen LogP contribution in [-0.4, -0.2) is 38.8 Å². The molecular weight excluding hydrogens is 507 g/mol. The number of nitrogens with one attached hydrogen (secondary N) is 2. The predicted octanol–water partition coefficient (Wildman–Crippen LogP) is 4.78. The first-order chi connectivity index (χ1) is 15.3. The second-order valence-corrected chi connectivity index (χ2v) is 8.47. The lowest BCUT2D eigenvalue weighted by Crippen LogP contribution is -2.18. The van der Waals surface area contributed by atoms with E-state index in [1.54, 1.807) is 53.5 Å². The molecule has 6 nitrogen and oxygen atoms in total. The smallest absolute Gasteiger partial charge is 0.371 e. The lowest BCUT2D eigenvalue weighted by atomic mass is 10.2. The highest BCUT2D eigenvalue weighted by Gasteiger charge is 2.32. The van der Waals surface area contributed by atoms with E-state index >= 15 is 0 Å². The van der Waals surface area contributed by atoms with E-state index in [0.717, 1.165) is 0 Å². The van der Waals surface area contributed by atoms with Gasteiger partial charge in [-0.05, 0) is 40.2 Å². The number of pyridine rings is 2. The van der Waals surface area contributed by atoms with Crippen molar-refractivity contribution in [2.45, 2.75) is 10.5 Å². The summed E-state index contributed by atoms with van der Waals surface area (Å²) in [6, 6.07) is 6.68. The molecule has 0 fully saturated rings. The highest BCUT2D eigenvalue weighted by Crippen LogP contribution is 2.40. The molecular formula is C21H15BrF3N5OS. The minimum Gasteiger partial charge on any atom is -0.371 e. The van der Waals surface area contributed by atoms with Crippen LogP contribution in [0.25, 0.3) is 11.2 Å². The number of hydrogen-bond acceptors (Lipinski definition) is 4. The van der Waals surface area contributed by atoms with Gasteiger partial charge in [-0.1, -0.05) is 11.8 Å². The lowest BCUT2D eigenvalue weighted by molar-refractivity contribution is -0.0329. The van der Waals surface area contributed by atoms with Crippen molar-refractivity contribution in [3.63, 3.8) is 0 Å². The molecule has 11 heteroatoms. The van der Waals surface area contributed by atoms with Crippen LogP contribution in [0.3, 0.4) is 0 Å². The van der Waals surface area contributed by atoms with E-state index < -0.39 is 5.51 Å². The topological polar surface area (TPSA) is 62.8 Å². The van der Waals surface area contributed by atoms with Gasteiger partial charge in [-0.25, -0.2) is 4.98 Å². The van der Waals surface area contributed by atoms with Crippen LogP contribution in [0, 0.1) is 11.8 Å². The summed E-state index contributed by atoms with van der Waals surface area (Å²) in [7, 11) is 1.54. The first kappa shape index (κ1) is 22.1. The number of nitrogens with zero attached hydrogens (tertiary/aromatic N) is 3. The molecule has 0 aromatic carbocycles. The fourth-order valence-corrected chi connectivity index (χ4v) is 4.31. The number of halogens is 4. The van der Waals surface area contributed by atoms with E-state index in [1.807, 2.05) is 0 Å². The van der Waals surface area contributed by atoms with Crippen molar-refractivity contribution < 1.29 is 18.0 Å². The molecule has 1 amide bonds. The van der Waals surface area contributed by atoms with Gasteiger partial charge in [0.15, 0.2) is 5.65 Å². The van der Waals surface area contributed by atoms with Crippen LogP contribution < -0.4 is 10.6 Å². The van der Waals surface area contributed by atoms with Crippen LogP contribution >= 0.6 is 27.7 Å². The van der Waals surface area contributed by atoms with E-state index in [9.17, 15) is 18.0 Å². The van der Waals surface area contributed by atoms with Gasteiger partial charge in [0, 0.05) is 48.1 Å². The Labute approximate surface area is 193 Å². The number of imidazole rings is 1. The van der Waals surface area contributed by atoms with Crippen LogP contribution in [0.1, 0.15) is 15.9 Å². The number of amides is 1. The molecule has 4 aromatic rings. The zero-order valence-electron chi connectivity index (χ0n) is 16.5. The van der Waals surface area contributed by atoms with Crippen LogP contribution in [0.15, 0.2) is 58.6 Å². The van der Waals surface area contributed by atoms with Gasteiger partial charge < -0.3 is 19.4 Å². The Morgan fingerprint density at radius 1 is 1.31 bits per heavy atom. The normalized spacial score (nSPS) is 11.4. The van der Waals surface area contributed by atoms with Gasteiger partial charge in [-0.3, -0.25) is 4.79 Å². The van der Waals surface area contributed by atoms with E-state index in [-0.39, 0.29) is 34.8 Å². The predicted molar refractivity (Wildman–Crippen MR) is 121 cm³/mol. The van der Waals surface area contributed by atoms with Gasteiger partial charge in [-0.15, -0.1) is 0 Å². The monoisotopic (exact) mass is 521 g/mol. The Balaban J connectivity index is 1.63. The average Bonchev–Trinajstić information content (AvgIpc) is 3.35. The quantitative estimate of drug-likeness (QED) is 0.299. The fourth-order valence-electron chi connectivity index (χ4n) is 3.15. The standard InChI is InChI=1S/C21H15BrF3N5OS/c1-26-19(31)14-10-16(18-28-7-9-29(18)12-14)27-6-2-4-13-11-17-15(22)5-3-8-30(17)20(13)32-21(23,24)25/h3,5,7-12,27H,6H2,1H3,(H,26,31). The van der Waals surface area contributed by atoms with Crippen LogP contribution in [0.5, 0.6) is 0 Å². The highest BCUT2D eigenvalue weighted by atomic mass is 79.9. The molecule has 0 unspecified atom stereocenters. The Morgan fingerprint density at radius 2 is 2.12 bits per heavy atom. The van der Waals surface area contributed by atoms with Crippen molar-refractivity contribution in [1.82, 2.24) is 19.1 Å². The van der Waals surface area contributed by atoms with E-state index in [1.165, 1.54) is 11.4 Å². The first-order valence-corrected chi connectivity index (χ1v) is 10.8. The van der Waals surface area contributed by atoms with Crippen molar-refractivity contribution in [3.05, 3.63) is 64.7 Å². The molecule has 0 bridgehead atoms. The maximum atomic E-state index is 13.1. The number of thioether (sulfide) groups is 1. The molecule has 0 saturated carbocycles. The molecule has 32 heavy (non-hydrogen) atoms. The molecule has 0 aliphatic carbocycles. The molecule has 0 aliphatic rings. The summed E-state index contributed by atoms with van der Waals surface area (Å²) in [5, 5.41) is 5.66. The third kappa shape index (κ3) is 4.56. The van der Waals surface area contributed by atoms with Gasteiger partial charge in [0.25, 0.3) is 5.91 Å². The third-order valence-corrected chi connectivity index (χ3v) is 6.00. The summed E-state index contributed by atoms with van der Waals surface area (Å²) in [5.74, 6) is 5.45. The number of carbonyl (C=O) groups excluding carboxylic acids is 1. The summed E-state index contributed by atoms with van der Waals surface area (Å²) >= 11 is 3.16. The number of fused-ring (bicyclic) bond motifs is 2. The van der Waals surface area contributed by atoms with Gasteiger partial charge in [0.05, 0.1) is 28.9 Å². The van der Waals surface area contributed by atoms with Crippen molar-refractivity contribution in [2.75, 3.05) is 18.9 Å². The van der Waals surface area contributed by atoms with Gasteiger partial charge in [-0.2, -0.15) is 13.2 Å². The zero-order valence-corrected chi connectivity index (χ0v) is 18.9. The molecule has 4 aromatic heterocycles. The second kappa shape index (κ2) is 8.80. The largest absolute Gasteiger partial charge is 0.447 e. The maximum Gasteiger partial charge on any atom is 0.447 e. The molecule has 4 heterocycles. The molecule has 0 radical (unpaired) electrons. The Kier molecular flexibility index (Phi) is 6.08.